The molecule has 2 N–H and O–H groups in total. The molecule has 0 aliphatic heterocycles. The zero-order valence-corrected chi connectivity index (χ0v) is 11.9. The van der Waals surface area contributed by atoms with Crippen molar-refractivity contribution >= 4 is 11.9 Å². The van der Waals surface area contributed by atoms with Gasteiger partial charge < -0.3 is 15.2 Å². The molecule has 0 aromatic heterocycles. The number of carbonyl (C=O) groups is 2. The van der Waals surface area contributed by atoms with Crippen molar-refractivity contribution in [3.63, 3.8) is 0 Å². The predicted molar refractivity (Wildman–Crippen MR) is 68.9 cm³/mol. The third-order valence-corrected chi connectivity index (χ3v) is 2.46. The fraction of sp³-hybridized carbons (Fsp3) is 0.846. The molecule has 106 valence electrons. The molecule has 2 atom stereocenters. The third-order valence-electron chi connectivity index (χ3n) is 2.46. The minimum Gasteiger partial charge on any atom is -0.467 e. The van der Waals surface area contributed by atoms with E-state index in [4.69, 9.17) is 0 Å². The number of rotatable bonds is 6. The van der Waals surface area contributed by atoms with E-state index in [9.17, 15) is 14.7 Å². The number of aliphatic hydroxyl groups is 1. The zero-order valence-electron chi connectivity index (χ0n) is 11.9. The number of amides is 1. The molecule has 0 aromatic carbocycles. The molecule has 5 heteroatoms. The Balaban J connectivity index is 3.94. The molecule has 0 aliphatic carbocycles. The summed E-state index contributed by atoms with van der Waals surface area (Å²) < 4.78 is 4.35. The first-order valence-corrected chi connectivity index (χ1v) is 6.18. The van der Waals surface area contributed by atoms with Crippen LogP contribution in [0.1, 0.15) is 40.5 Å². The molecule has 1 amide bonds. The lowest BCUT2D eigenvalue weighted by Gasteiger charge is -2.22. The summed E-state index contributed by atoms with van der Waals surface area (Å²) >= 11 is 0. The highest BCUT2D eigenvalue weighted by Gasteiger charge is 2.19. The van der Waals surface area contributed by atoms with Gasteiger partial charge in [0.25, 0.3) is 0 Å². The Kier molecular flexibility index (Phi) is 6.91. The quantitative estimate of drug-likeness (QED) is 0.700. The number of hydrogen-bond donors (Lipinski definition) is 2. The Labute approximate surface area is 109 Å². The molecule has 0 spiro atoms. The van der Waals surface area contributed by atoms with Crippen LogP contribution in [0.25, 0.3) is 0 Å². The van der Waals surface area contributed by atoms with Gasteiger partial charge in [0.15, 0.2) is 6.10 Å². The van der Waals surface area contributed by atoms with E-state index < -0.39 is 12.1 Å². The second kappa shape index (κ2) is 7.36. The number of hydrogen-bond acceptors (Lipinski definition) is 4. The standard InChI is InChI=1S/C13H25NO4/c1-9(7-13(2,3)4)6-11(16)14-8-10(15)12(17)18-5/h9-10,15H,6-8H2,1-5H3,(H,14,16). The van der Waals surface area contributed by atoms with Crippen LogP contribution in [0.4, 0.5) is 0 Å². The van der Waals surface area contributed by atoms with Crippen molar-refractivity contribution in [2.75, 3.05) is 13.7 Å². The Bertz CT molecular complexity index is 283. The van der Waals surface area contributed by atoms with E-state index in [1.165, 1.54) is 7.11 Å². The first-order valence-electron chi connectivity index (χ1n) is 6.18. The summed E-state index contributed by atoms with van der Waals surface area (Å²) in [6, 6.07) is 0. The molecule has 0 rings (SSSR count). The maximum Gasteiger partial charge on any atom is 0.336 e. The summed E-state index contributed by atoms with van der Waals surface area (Å²) in [6.07, 6.45) is 0.0439. The first-order chi connectivity index (χ1) is 8.15. The van der Waals surface area contributed by atoms with Crippen molar-refractivity contribution in [2.45, 2.75) is 46.6 Å². The number of esters is 1. The number of nitrogens with one attached hydrogen (secondary N) is 1. The average Bonchev–Trinajstić information content (AvgIpc) is 2.21. The van der Waals surface area contributed by atoms with E-state index >= 15 is 0 Å². The van der Waals surface area contributed by atoms with Crippen molar-refractivity contribution in [1.29, 1.82) is 0 Å². The molecule has 0 saturated carbocycles. The van der Waals surface area contributed by atoms with Crippen molar-refractivity contribution in [3.05, 3.63) is 0 Å². The lowest BCUT2D eigenvalue weighted by molar-refractivity contribution is -0.150. The van der Waals surface area contributed by atoms with Gasteiger partial charge in [0.05, 0.1) is 13.7 Å². The zero-order chi connectivity index (χ0) is 14.3. The fourth-order valence-electron chi connectivity index (χ4n) is 1.94. The van der Waals surface area contributed by atoms with Crippen molar-refractivity contribution in [1.82, 2.24) is 5.32 Å². The second-order valence-electron chi connectivity index (χ2n) is 5.92. The molecular weight excluding hydrogens is 234 g/mol. The van der Waals surface area contributed by atoms with Gasteiger partial charge in [-0.25, -0.2) is 4.79 Å². The molecule has 5 nitrogen and oxygen atoms in total. The van der Waals surface area contributed by atoms with E-state index in [2.05, 4.69) is 30.8 Å². The summed E-state index contributed by atoms with van der Waals surface area (Å²) in [6.45, 7) is 8.29. The van der Waals surface area contributed by atoms with E-state index in [1.807, 2.05) is 6.92 Å². The van der Waals surface area contributed by atoms with Gasteiger partial charge in [-0.2, -0.15) is 0 Å². The molecule has 0 aliphatic rings. The highest BCUT2D eigenvalue weighted by Crippen LogP contribution is 2.25. The predicted octanol–water partition coefficient (Wildman–Crippen LogP) is 1.10. The van der Waals surface area contributed by atoms with Crippen LogP contribution >= 0.6 is 0 Å². The van der Waals surface area contributed by atoms with E-state index in [1.54, 1.807) is 0 Å². The Hall–Kier alpha value is -1.10. The number of methoxy groups -OCH3 is 1. The summed E-state index contributed by atoms with van der Waals surface area (Å²) in [5, 5.41) is 11.8. The summed E-state index contributed by atoms with van der Waals surface area (Å²) in [5.74, 6) is -0.631. The molecular formula is C13H25NO4. The van der Waals surface area contributed by atoms with Crippen LogP contribution in [-0.4, -0.2) is 36.7 Å². The molecule has 0 radical (unpaired) electrons. The Morgan fingerprint density at radius 1 is 1.33 bits per heavy atom. The van der Waals surface area contributed by atoms with Crippen molar-refractivity contribution in [2.24, 2.45) is 11.3 Å². The Morgan fingerprint density at radius 3 is 2.33 bits per heavy atom. The van der Waals surface area contributed by atoms with Gasteiger partial charge in [-0.1, -0.05) is 27.7 Å². The van der Waals surface area contributed by atoms with E-state index in [-0.39, 0.29) is 23.8 Å². The summed E-state index contributed by atoms with van der Waals surface area (Å²) in [5.41, 5.74) is 0.186. The van der Waals surface area contributed by atoms with Crippen LogP contribution in [0.3, 0.4) is 0 Å². The largest absolute Gasteiger partial charge is 0.467 e. The molecule has 0 bridgehead atoms. The SMILES string of the molecule is COC(=O)C(O)CNC(=O)CC(C)CC(C)(C)C. The van der Waals surface area contributed by atoms with Crippen LogP contribution in [-0.2, 0) is 14.3 Å². The van der Waals surface area contributed by atoms with Gasteiger partial charge in [-0.15, -0.1) is 0 Å². The van der Waals surface area contributed by atoms with E-state index in [0.29, 0.717) is 6.42 Å². The molecule has 0 fully saturated rings. The maximum absolute atomic E-state index is 11.6. The normalized spacial score (nSPS) is 14.8. The number of aliphatic hydroxyl groups excluding tert-OH is 1. The van der Waals surface area contributed by atoms with Crippen LogP contribution in [0.5, 0.6) is 0 Å². The van der Waals surface area contributed by atoms with Gasteiger partial charge in [0, 0.05) is 6.42 Å². The van der Waals surface area contributed by atoms with Gasteiger partial charge in [0.2, 0.25) is 5.91 Å². The molecule has 0 aromatic rings. The minimum atomic E-state index is -1.29. The first kappa shape index (κ1) is 16.9. The highest BCUT2D eigenvalue weighted by atomic mass is 16.5. The number of ether oxygens (including phenoxy) is 1. The van der Waals surface area contributed by atoms with Gasteiger partial charge in [0.1, 0.15) is 0 Å². The smallest absolute Gasteiger partial charge is 0.336 e. The topological polar surface area (TPSA) is 75.6 Å². The van der Waals surface area contributed by atoms with Crippen LogP contribution in [0.2, 0.25) is 0 Å². The molecule has 2 unspecified atom stereocenters. The van der Waals surface area contributed by atoms with Gasteiger partial charge in [-0.3, -0.25) is 4.79 Å². The van der Waals surface area contributed by atoms with Crippen LogP contribution < -0.4 is 5.32 Å². The lowest BCUT2D eigenvalue weighted by Crippen LogP contribution is -2.37. The monoisotopic (exact) mass is 259 g/mol. The lowest BCUT2D eigenvalue weighted by atomic mass is 9.84. The average molecular weight is 259 g/mol. The molecule has 18 heavy (non-hydrogen) atoms. The van der Waals surface area contributed by atoms with Crippen molar-refractivity contribution in [3.8, 4) is 0 Å². The number of carbonyl (C=O) groups excluding carboxylic acids is 2. The summed E-state index contributed by atoms with van der Waals surface area (Å²) in [7, 11) is 1.19. The van der Waals surface area contributed by atoms with Crippen LogP contribution in [0, 0.1) is 11.3 Å². The fourth-order valence-corrected chi connectivity index (χ4v) is 1.94. The summed E-state index contributed by atoms with van der Waals surface area (Å²) in [4.78, 5) is 22.5. The van der Waals surface area contributed by atoms with Gasteiger partial charge in [-0.05, 0) is 17.8 Å². The minimum absolute atomic E-state index is 0.103. The van der Waals surface area contributed by atoms with Gasteiger partial charge >= 0.3 is 5.97 Å². The highest BCUT2D eigenvalue weighted by molar-refractivity contribution is 5.78. The molecule has 0 saturated heterocycles. The molecule has 0 heterocycles. The van der Waals surface area contributed by atoms with Crippen molar-refractivity contribution < 1.29 is 19.4 Å². The maximum atomic E-state index is 11.6. The van der Waals surface area contributed by atoms with Crippen LogP contribution in [0.15, 0.2) is 0 Å². The Morgan fingerprint density at radius 2 is 1.89 bits per heavy atom. The van der Waals surface area contributed by atoms with E-state index in [0.717, 1.165) is 6.42 Å². The third kappa shape index (κ3) is 8.06. The second-order valence-corrected chi connectivity index (χ2v) is 5.92.